The Balaban J connectivity index is 0.728. The molecule has 0 saturated heterocycles. The Hall–Kier alpha value is -10.9. The van der Waals surface area contributed by atoms with E-state index in [0.717, 1.165) is 34.1 Å². The lowest BCUT2D eigenvalue weighted by Crippen LogP contribution is -2.16. The van der Waals surface area contributed by atoms with Crippen molar-refractivity contribution in [3.8, 4) is 61.6 Å². The van der Waals surface area contributed by atoms with Crippen LogP contribution < -0.4 is 4.90 Å². The standard InChI is InChI=1S/C81H56N4/c1-81(2)73-50-57(58-37-48-72-71-22-10-15-27-79(71)85(80(72)51-58)59-16-4-3-5-17-59)36-47-65(73)66-49-46-64(52-74(66)81)82(60-38-28-53(29-39-60)55-32-42-62(43-33-55)83-75-23-11-6-18-67(75)68-19-7-12-24-76(68)83)61-40-30-54(31-41-61)56-34-44-63(45-35-56)84-77-25-13-8-20-69(77)70-21-9-14-26-78(70)84/h3-52H,1-2H3. The monoisotopic (exact) mass is 1080 g/mol. The highest BCUT2D eigenvalue weighted by Crippen LogP contribution is 2.52. The van der Waals surface area contributed by atoms with Crippen molar-refractivity contribution in [3.05, 3.63) is 314 Å². The smallest absolute Gasteiger partial charge is 0.0547 e. The second-order valence-corrected chi connectivity index (χ2v) is 23.3. The Morgan fingerprint density at radius 1 is 0.235 bits per heavy atom. The van der Waals surface area contributed by atoms with Crippen LogP contribution >= 0.6 is 0 Å². The second-order valence-electron chi connectivity index (χ2n) is 23.3. The molecule has 0 N–H and O–H groups in total. The zero-order chi connectivity index (χ0) is 56.3. The van der Waals surface area contributed by atoms with Crippen molar-refractivity contribution < 1.29 is 0 Å². The SMILES string of the molecule is CC1(C)c2cc(-c3ccc4c5ccccc5n(-c5ccccc5)c4c3)ccc2-c2ccc(N(c3ccc(-c4ccc(-n5c6ccccc6c6ccccc65)cc4)cc3)c3ccc(-c4ccc(-n5c6ccccc6c6ccccc65)cc4)cc3)cc21. The number of rotatable bonds is 9. The largest absolute Gasteiger partial charge is 0.310 e. The Kier molecular flexibility index (Phi) is 10.9. The molecule has 0 aliphatic heterocycles. The molecule has 0 fully saturated rings. The molecule has 0 radical (unpaired) electrons. The molecule has 0 atom stereocenters. The third kappa shape index (κ3) is 7.69. The summed E-state index contributed by atoms with van der Waals surface area (Å²) in [5, 5.41) is 7.58. The van der Waals surface area contributed by atoms with Crippen molar-refractivity contribution in [1.82, 2.24) is 13.7 Å². The fourth-order valence-corrected chi connectivity index (χ4v) is 14.1. The summed E-state index contributed by atoms with van der Waals surface area (Å²) in [6, 6.07) is 112. The number of aromatic nitrogens is 3. The molecule has 0 spiro atoms. The van der Waals surface area contributed by atoms with Crippen molar-refractivity contribution in [2.45, 2.75) is 19.3 Å². The van der Waals surface area contributed by atoms with Crippen LogP contribution in [-0.4, -0.2) is 13.7 Å². The number of nitrogens with zero attached hydrogens (tertiary/aromatic N) is 4. The lowest BCUT2D eigenvalue weighted by molar-refractivity contribution is 0.660. The summed E-state index contributed by atoms with van der Waals surface area (Å²) < 4.78 is 7.17. The van der Waals surface area contributed by atoms with Crippen LogP contribution in [0, 0.1) is 0 Å². The molecule has 400 valence electrons. The zero-order valence-electron chi connectivity index (χ0n) is 47.2. The minimum Gasteiger partial charge on any atom is -0.310 e. The van der Waals surface area contributed by atoms with Crippen LogP contribution in [0.2, 0.25) is 0 Å². The van der Waals surface area contributed by atoms with Gasteiger partial charge in [0.15, 0.2) is 0 Å². The first-order valence-electron chi connectivity index (χ1n) is 29.5. The molecular weight excluding hydrogens is 1030 g/mol. The fraction of sp³-hybridized carbons (Fsp3) is 0.0370. The van der Waals surface area contributed by atoms with Crippen molar-refractivity contribution in [2.24, 2.45) is 0 Å². The average Bonchev–Trinajstić information content (AvgIpc) is 2.23. The first kappa shape index (κ1) is 48.7. The van der Waals surface area contributed by atoms with Crippen LogP contribution in [0.1, 0.15) is 25.0 Å². The van der Waals surface area contributed by atoms with Gasteiger partial charge >= 0.3 is 0 Å². The van der Waals surface area contributed by atoms with Gasteiger partial charge in [-0.15, -0.1) is 0 Å². The zero-order valence-corrected chi connectivity index (χ0v) is 47.2. The lowest BCUT2D eigenvalue weighted by Gasteiger charge is -2.28. The van der Waals surface area contributed by atoms with Gasteiger partial charge in [0.05, 0.1) is 33.1 Å². The quantitative estimate of drug-likeness (QED) is 0.141. The lowest BCUT2D eigenvalue weighted by atomic mass is 9.81. The first-order valence-corrected chi connectivity index (χ1v) is 29.5. The maximum absolute atomic E-state index is 2.45. The molecule has 4 nitrogen and oxygen atoms in total. The van der Waals surface area contributed by atoms with Gasteiger partial charge in [-0.25, -0.2) is 0 Å². The molecule has 4 heteroatoms. The third-order valence-corrected chi connectivity index (χ3v) is 18.3. The molecule has 0 amide bonds. The van der Waals surface area contributed by atoms with E-state index in [1.165, 1.54) is 121 Å². The van der Waals surface area contributed by atoms with Crippen molar-refractivity contribution in [3.63, 3.8) is 0 Å². The van der Waals surface area contributed by atoms with E-state index in [4.69, 9.17) is 0 Å². The number of hydrogen-bond acceptors (Lipinski definition) is 1. The summed E-state index contributed by atoms with van der Waals surface area (Å²) in [5.41, 5.74) is 26.1. The molecule has 3 heterocycles. The summed E-state index contributed by atoms with van der Waals surface area (Å²) in [6.45, 7) is 4.79. The van der Waals surface area contributed by atoms with E-state index >= 15 is 0 Å². The average molecular weight is 1090 g/mol. The van der Waals surface area contributed by atoms with Crippen LogP contribution in [0.15, 0.2) is 303 Å². The van der Waals surface area contributed by atoms with Crippen molar-refractivity contribution in [2.75, 3.05) is 4.90 Å². The molecular formula is C81H56N4. The van der Waals surface area contributed by atoms with Gasteiger partial charge in [-0.05, 0) is 171 Å². The van der Waals surface area contributed by atoms with Gasteiger partial charge in [-0.1, -0.05) is 202 Å². The van der Waals surface area contributed by atoms with Gasteiger partial charge in [0.1, 0.15) is 0 Å². The van der Waals surface area contributed by atoms with Crippen LogP contribution in [0.3, 0.4) is 0 Å². The fourth-order valence-electron chi connectivity index (χ4n) is 14.1. The summed E-state index contributed by atoms with van der Waals surface area (Å²) in [6.07, 6.45) is 0. The van der Waals surface area contributed by atoms with Crippen LogP contribution in [0.25, 0.3) is 127 Å². The molecule has 3 aromatic heterocycles. The summed E-state index contributed by atoms with van der Waals surface area (Å²) in [5.74, 6) is 0. The number of anilines is 3. The maximum Gasteiger partial charge on any atom is 0.0547 e. The predicted molar refractivity (Wildman–Crippen MR) is 358 cm³/mol. The van der Waals surface area contributed by atoms with Gasteiger partial charge in [0.2, 0.25) is 0 Å². The van der Waals surface area contributed by atoms with Crippen LogP contribution in [0.4, 0.5) is 17.1 Å². The molecule has 0 unspecified atom stereocenters. The molecule has 16 aromatic rings. The van der Waals surface area contributed by atoms with E-state index in [0.29, 0.717) is 0 Å². The molecule has 13 aromatic carbocycles. The Labute approximate surface area is 493 Å². The molecule has 1 aliphatic carbocycles. The summed E-state index contributed by atoms with van der Waals surface area (Å²) >= 11 is 0. The molecule has 85 heavy (non-hydrogen) atoms. The Morgan fingerprint density at radius 2 is 0.541 bits per heavy atom. The highest BCUT2D eigenvalue weighted by molar-refractivity contribution is 6.12. The number of para-hydroxylation sites is 6. The molecule has 17 rings (SSSR count). The van der Waals surface area contributed by atoms with E-state index in [1.807, 2.05) is 0 Å². The van der Waals surface area contributed by atoms with Crippen LogP contribution in [0.5, 0.6) is 0 Å². The summed E-state index contributed by atoms with van der Waals surface area (Å²) in [7, 11) is 0. The summed E-state index contributed by atoms with van der Waals surface area (Å²) in [4.78, 5) is 2.43. The van der Waals surface area contributed by atoms with Gasteiger partial charge < -0.3 is 18.6 Å². The van der Waals surface area contributed by atoms with Gasteiger partial charge in [0.25, 0.3) is 0 Å². The molecule has 0 saturated carbocycles. The number of fused-ring (bicyclic) bond motifs is 12. The van der Waals surface area contributed by atoms with Gasteiger partial charge in [0, 0.05) is 71.9 Å². The van der Waals surface area contributed by atoms with E-state index in [2.05, 4.69) is 336 Å². The highest BCUT2D eigenvalue weighted by Gasteiger charge is 2.36. The molecule has 0 bridgehead atoms. The molecule has 1 aliphatic rings. The second kappa shape index (κ2) is 19.1. The Bertz CT molecular complexity index is 4980. The van der Waals surface area contributed by atoms with E-state index in [9.17, 15) is 0 Å². The highest BCUT2D eigenvalue weighted by atomic mass is 15.1. The topological polar surface area (TPSA) is 18.0 Å². The minimum absolute atomic E-state index is 0.268. The minimum atomic E-state index is -0.268. The Morgan fingerprint density at radius 3 is 0.988 bits per heavy atom. The maximum atomic E-state index is 2.45. The first-order chi connectivity index (χ1) is 41.9. The van der Waals surface area contributed by atoms with Crippen molar-refractivity contribution in [1.29, 1.82) is 0 Å². The van der Waals surface area contributed by atoms with E-state index in [-0.39, 0.29) is 5.41 Å². The number of hydrogen-bond donors (Lipinski definition) is 0. The van der Waals surface area contributed by atoms with E-state index in [1.54, 1.807) is 0 Å². The number of benzene rings is 13. The van der Waals surface area contributed by atoms with Crippen molar-refractivity contribution >= 4 is 82.5 Å². The predicted octanol–water partition coefficient (Wildman–Crippen LogP) is 21.8. The third-order valence-electron chi connectivity index (χ3n) is 18.3. The van der Waals surface area contributed by atoms with Crippen LogP contribution in [-0.2, 0) is 5.41 Å². The van der Waals surface area contributed by atoms with E-state index < -0.39 is 0 Å². The van der Waals surface area contributed by atoms with Gasteiger partial charge in [-0.2, -0.15) is 0 Å². The van der Waals surface area contributed by atoms with Gasteiger partial charge in [-0.3, -0.25) is 0 Å². The normalized spacial score (nSPS) is 12.7.